The van der Waals surface area contributed by atoms with Crippen LogP contribution in [-0.4, -0.2) is 24.4 Å². The first-order valence-corrected chi connectivity index (χ1v) is 13.5. The monoisotopic (exact) mass is 543 g/mol. The Morgan fingerprint density at radius 2 is 1.89 bits per heavy atom. The van der Waals surface area contributed by atoms with Crippen LogP contribution in [-0.2, 0) is 11.2 Å². The van der Waals surface area contributed by atoms with Crippen LogP contribution in [0.2, 0.25) is 5.02 Å². The number of pyridine rings is 1. The van der Waals surface area contributed by atoms with Crippen molar-refractivity contribution in [2.75, 3.05) is 24.3 Å². The van der Waals surface area contributed by atoms with Crippen LogP contribution in [0, 0.1) is 11.7 Å². The number of nitrogens with zero attached hydrogens (tertiary/aromatic N) is 2. The molecule has 0 saturated heterocycles. The number of allylic oxidation sites excluding steroid dienone is 5. The molecule has 38 heavy (non-hydrogen) atoms. The predicted molar refractivity (Wildman–Crippen MR) is 160 cm³/mol. The second-order valence-corrected chi connectivity index (χ2v) is 9.26. The molecule has 1 aromatic heterocycles. The average molecular weight is 544 g/mol. The van der Waals surface area contributed by atoms with Gasteiger partial charge in [-0.1, -0.05) is 57.5 Å². The maximum absolute atomic E-state index is 13.9. The summed E-state index contributed by atoms with van der Waals surface area (Å²) in [6.07, 6.45) is 5.79. The van der Waals surface area contributed by atoms with Gasteiger partial charge in [-0.3, -0.25) is 4.79 Å². The Morgan fingerprint density at radius 1 is 1.24 bits per heavy atom. The van der Waals surface area contributed by atoms with Crippen molar-refractivity contribution in [2.45, 2.75) is 67.7 Å². The normalized spacial score (nSPS) is 12.4. The molecule has 2 N–H and O–H groups in total. The fourth-order valence-electron chi connectivity index (χ4n) is 3.91. The Balaban J connectivity index is 0.00000352. The van der Waals surface area contributed by atoms with Gasteiger partial charge < -0.3 is 15.4 Å². The third kappa shape index (κ3) is 8.73. The second kappa shape index (κ2) is 16.0. The van der Waals surface area contributed by atoms with Gasteiger partial charge in [0, 0.05) is 18.2 Å². The number of carbonyl (C=O) groups is 1. The molecule has 2 aromatic rings. The fourth-order valence-corrected chi connectivity index (χ4v) is 4.06. The fraction of sp³-hybridized carbons (Fsp3) is 0.419. The first-order valence-electron chi connectivity index (χ1n) is 13.2. The van der Waals surface area contributed by atoms with Crippen LogP contribution >= 0.6 is 11.6 Å². The number of hydrogen-bond donors (Lipinski definition) is 1. The number of hydrogen-bond acceptors (Lipinski definition) is 5. The zero-order valence-corrected chi connectivity index (χ0v) is 24.9. The molecule has 0 bridgehead atoms. The molecule has 1 unspecified atom stereocenters. The summed E-state index contributed by atoms with van der Waals surface area (Å²) >= 11 is 6.31. The maximum atomic E-state index is 13.9. The smallest absolute Gasteiger partial charge is 0.169 e. The van der Waals surface area contributed by atoms with Crippen molar-refractivity contribution in [2.24, 2.45) is 5.92 Å². The summed E-state index contributed by atoms with van der Waals surface area (Å²) in [5.41, 5.74) is 10.0. The summed E-state index contributed by atoms with van der Waals surface area (Å²) in [5.74, 6) is 0.656. The number of methoxy groups -OCH3 is 1. The van der Waals surface area contributed by atoms with Crippen molar-refractivity contribution < 1.29 is 13.9 Å². The lowest BCUT2D eigenvalue weighted by Gasteiger charge is -2.27. The van der Waals surface area contributed by atoms with Gasteiger partial charge in [-0.2, -0.15) is 0 Å². The zero-order chi connectivity index (χ0) is 29.0. The first kappa shape index (κ1) is 32.9. The maximum Gasteiger partial charge on any atom is 0.169 e. The van der Waals surface area contributed by atoms with Crippen molar-refractivity contribution in [3.63, 3.8) is 0 Å². The van der Waals surface area contributed by atoms with Crippen molar-refractivity contribution >= 4 is 34.7 Å². The van der Waals surface area contributed by atoms with Crippen molar-refractivity contribution in [1.82, 2.24) is 4.98 Å². The van der Waals surface area contributed by atoms with Gasteiger partial charge in [-0.25, -0.2) is 9.37 Å². The summed E-state index contributed by atoms with van der Waals surface area (Å²) in [6, 6.07) is 6.22. The molecular weight excluding hydrogens is 501 g/mol. The van der Waals surface area contributed by atoms with E-state index in [0.717, 1.165) is 28.2 Å². The molecule has 0 aliphatic heterocycles. The lowest BCUT2D eigenvalue weighted by molar-refractivity contribution is 0.0924. The number of ketones is 1. The number of nitrogens with two attached hydrogens (primary N) is 1. The van der Waals surface area contributed by atoms with E-state index in [9.17, 15) is 9.18 Å². The van der Waals surface area contributed by atoms with E-state index >= 15 is 0 Å². The minimum absolute atomic E-state index is 0.0808. The molecule has 1 aromatic carbocycles. The highest BCUT2D eigenvalue weighted by Crippen LogP contribution is 2.35. The summed E-state index contributed by atoms with van der Waals surface area (Å²) in [4.78, 5) is 20.1. The van der Waals surface area contributed by atoms with Crippen LogP contribution < -0.4 is 10.6 Å². The first-order chi connectivity index (χ1) is 18.0. The number of aromatic nitrogens is 1. The van der Waals surface area contributed by atoms with Gasteiger partial charge in [0.1, 0.15) is 17.5 Å². The Bertz CT molecular complexity index is 1170. The summed E-state index contributed by atoms with van der Waals surface area (Å²) in [5, 5.41) is 0.225. The molecule has 1 atom stereocenters. The zero-order valence-electron chi connectivity index (χ0n) is 24.1. The lowest BCUT2D eigenvalue weighted by atomic mass is 9.91. The largest absolute Gasteiger partial charge is 0.501 e. The highest BCUT2D eigenvalue weighted by molar-refractivity contribution is 6.33. The van der Waals surface area contributed by atoms with E-state index in [4.69, 9.17) is 22.1 Å². The number of anilines is 3. The predicted octanol–water partition coefficient (Wildman–Crippen LogP) is 8.85. The number of carbonyl (C=O) groups excluding carboxylic acids is 1. The Labute approximate surface area is 233 Å². The van der Waals surface area contributed by atoms with Gasteiger partial charge >= 0.3 is 0 Å². The third-order valence-electron chi connectivity index (χ3n) is 6.22. The van der Waals surface area contributed by atoms with E-state index < -0.39 is 0 Å². The van der Waals surface area contributed by atoms with Crippen LogP contribution in [0.1, 0.15) is 77.2 Å². The van der Waals surface area contributed by atoms with E-state index in [1.165, 1.54) is 12.1 Å². The molecule has 0 spiro atoms. The molecule has 0 aliphatic rings. The standard InChI is InChI=1S/C29H37ClFN3O2.C2H6/c1-8-21-16-23(31)14-15-26(21)34(9-2)29-24(17-25(30)28(32)33-29)27(35)19(5)10-12-22(18(3)4)13-11-20(6)36-7;1-2/h11,13-17,19H,3,8-10,12H2,1-2,4-7H3,(H2,32,33);1-2H3/b20-11+,22-13-;. The minimum Gasteiger partial charge on any atom is -0.501 e. The van der Waals surface area contributed by atoms with Crippen LogP contribution in [0.25, 0.3) is 0 Å². The van der Waals surface area contributed by atoms with Gasteiger partial charge in [0.25, 0.3) is 0 Å². The molecule has 5 nitrogen and oxygen atoms in total. The van der Waals surface area contributed by atoms with Crippen LogP contribution in [0.4, 0.5) is 21.7 Å². The minimum atomic E-state index is -0.308. The number of nitrogen functional groups attached to an aromatic ring is 1. The molecule has 7 heteroatoms. The number of aryl methyl sites for hydroxylation is 1. The molecule has 0 radical (unpaired) electrons. The van der Waals surface area contributed by atoms with Crippen LogP contribution in [0.3, 0.4) is 0 Å². The summed E-state index contributed by atoms with van der Waals surface area (Å²) in [6.45, 7) is 18.2. The second-order valence-electron chi connectivity index (χ2n) is 8.86. The topological polar surface area (TPSA) is 68.5 Å². The van der Waals surface area contributed by atoms with E-state index in [1.54, 1.807) is 19.2 Å². The molecule has 0 saturated carbocycles. The molecular formula is C31H43ClFN3O2. The van der Waals surface area contributed by atoms with Gasteiger partial charge in [0.2, 0.25) is 0 Å². The van der Waals surface area contributed by atoms with Crippen molar-refractivity contribution in [3.8, 4) is 0 Å². The Morgan fingerprint density at radius 3 is 2.45 bits per heavy atom. The van der Waals surface area contributed by atoms with E-state index in [2.05, 4.69) is 11.6 Å². The third-order valence-corrected chi connectivity index (χ3v) is 6.52. The van der Waals surface area contributed by atoms with Crippen molar-refractivity contribution in [1.29, 1.82) is 0 Å². The van der Waals surface area contributed by atoms with E-state index in [-0.39, 0.29) is 28.4 Å². The molecule has 0 aliphatic carbocycles. The number of Topliss-reactive ketones (excluding diaryl/α,β-unsaturated/α-hetero) is 1. The molecule has 0 amide bonds. The molecule has 208 valence electrons. The number of benzene rings is 1. The number of rotatable bonds is 12. The van der Waals surface area contributed by atoms with E-state index in [0.29, 0.717) is 37.2 Å². The van der Waals surface area contributed by atoms with Gasteiger partial charge in [-0.05, 0) is 81.5 Å². The summed E-state index contributed by atoms with van der Waals surface area (Å²) in [7, 11) is 1.62. The highest BCUT2D eigenvalue weighted by Gasteiger charge is 2.25. The quantitative estimate of drug-likeness (QED) is 0.164. The highest BCUT2D eigenvalue weighted by atomic mass is 35.5. The van der Waals surface area contributed by atoms with Crippen LogP contribution in [0.15, 0.2) is 59.9 Å². The molecule has 2 rings (SSSR count). The van der Waals surface area contributed by atoms with Crippen LogP contribution in [0.5, 0.6) is 0 Å². The average Bonchev–Trinajstić information content (AvgIpc) is 2.91. The summed E-state index contributed by atoms with van der Waals surface area (Å²) < 4.78 is 19.1. The lowest BCUT2D eigenvalue weighted by Crippen LogP contribution is -2.24. The van der Waals surface area contributed by atoms with E-state index in [1.807, 2.05) is 65.5 Å². The molecule has 1 heterocycles. The van der Waals surface area contributed by atoms with Gasteiger partial charge in [0.05, 0.1) is 23.5 Å². The Kier molecular flexibility index (Phi) is 13.8. The number of halogens is 2. The Hall–Kier alpha value is -3.12. The number of ether oxygens (including phenoxy) is 1. The van der Waals surface area contributed by atoms with Crippen molar-refractivity contribution in [3.05, 3.63) is 81.9 Å². The van der Waals surface area contributed by atoms with Gasteiger partial charge in [-0.15, -0.1) is 0 Å². The SMILES string of the molecule is C=C(C)/C(=C\C=C(/C)OC)CCC(C)C(=O)c1cc(Cl)c(N)nc1N(CC)c1ccc(F)cc1CC.CC. The molecule has 0 fully saturated rings. The van der Waals surface area contributed by atoms with Gasteiger partial charge in [0.15, 0.2) is 5.78 Å².